The number of nitrogens with two attached hydrogens (primary N) is 1. The Hall–Kier alpha value is -2.24. The molecule has 0 fully saturated rings. The normalized spacial score (nSPS) is 10.0. The van der Waals surface area contributed by atoms with Gasteiger partial charge in [0.2, 0.25) is 0 Å². The summed E-state index contributed by atoms with van der Waals surface area (Å²) in [6.07, 6.45) is 4.37. The second-order valence-electron chi connectivity index (χ2n) is 2.58. The minimum atomic E-state index is -0.538. The highest BCUT2D eigenvalue weighted by molar-refractivity contribution is 5.95. The molecule has 0 aliphatic rings. The van der Waals surface area contributed by atoms with Crippen molar-refractivity contribution in [3.63, 3.8) is 0 Å². The molecule has 2 N–H and O–H groups in total. The number of hydrogen-bond donors (Lipinski definition) is 1. The topological polar surface area (TPSA) is 86.7 Å². The molecule has 0 radical (unpaired) electrons. The van der Waals surface area contributed by atoms with Gasteiger partial charge in [0.05, 0.1) is 5.56 Å². The molecule has 0 bridgehead atoms. The first-order valence-electron chi connectivity index (χ1n) is 3.89. The highest BCUT2D eigenvalue weighted by Crippen LogP contribution is 2.07. The summed E-state index contributed by atoms with van der Waals surface area (Å²) in [5.41, 5.74) is 5.50. The molecule has 6 nitrogen and oxygen atoms in total. The fourth-order valence-electron chi connectivity index (χ4n) is 1.09. The Kier molecular flexibility index (Phi) is 1.94. The molecule has 2 aromatic heterocycles. The van der Waals surface area contributed by atoms with Crippen molar-refractivity contribution >= 4 is 5.91 Å². The van der Waals surface area contributed by atoms with E-state index >= 15 is 0 Å². The maximum atomic E-state index is 11.0. The van der Waals surface area contributed by atoms with Gasteiger partial charge in [-0.3, -0.25) is 4.79 Å². The van der Waals surface area contributed by atoms with E-state index in [0.29, 0.717) is 11.4 Å². The van der Waals surface area contributed by atoms with Gasteiger partial charge >= 0.3 is 0 Å². The fourth-order valence-corrected chi connectivity index (χ4v) is 1.09. The van der Waals surface area contributed by atoms with Crippen LogP contribution < -0.4 is 5.73 Å². The lowest BCUT2D eigenvalue weighted by atomic mass is 10.2. The zero-order valence-corrected chi connectivity index (χ0v) is 7.16. The molecular formula is C8H7N5O. The Labute approximate surface area is 79.4 Å². The van der Waals surface area contributed by atoms with E-state index in [-0.39, 0.29) is 0 Å². The smallest absolute Gasteiger partial charge is 0.252 e. The summed E-state index contributed by atoms with van der Waals surface area (Å²) >= 11 is 0. The van der Waals surface area contributed by atoms with E-state index < -0.39 is 5.91 Å². The Balaban J connectivity index is 2.58. The van der Waals surface area contributed by atoms with E-state index in [2.05, 4.69) is 15.1 Å². The van der Waals surface area contributed by atoms with Crippen molar-refractivity contribution in [1.82, 2.24) is 19.7 Å². The minimum absolute atomic E-state index is 0.318. The van der Waals surface area contributed by atoms with Gasteiger partial charge in [0, 0.05) is 6.20 Å². The molecule has 0 aromatic carbocycles. The average molecular weight is 189 g/mol. The van der Waals surface area contributed by atoms with Crippen molar-refractivity contribution in [2.24, 2.45) is 5.73 Å². The average Bonchev–Trinajstić information content (AvgIpc) is 2.70. The predicted octanol–water partition coefficient (Wildman–Crippen LogP) is -0.239. The molecule has 0 saturated carbocycles. The number of nitrogens with zero attached hydrogens (tertiary/aromatic N) is 4. The lowest BCUT2D eigenvalue weighted by molar-refractivity contribution is 0.1000. The molecule has 70 valence electrons. The van der Waals surface area contributed by atoms with Crippen molar-refractivity contribution in [2.75, 3.05) is 0 Å². The number of aromatic nitrogens is 4. The third kappa shape index (κ3) is 1.33. The van der Waals surface area contributed by atoms with E-state index in [4.69, 9.17) is 5.73 Å². The van der Waals surface area contributed by atoms with Gasteiger partial charge in [-0.05, 0) is 12.1 Å². The predicted molar refractivity (Wildman–Crippen MR) is 47.7 cm³/mol. The van der Waals surface area contributed by atoms with Crippen molar-refractivity contribution in [3.8, 4) is 5.82 Å². The molecule has 14 heavy (non-hydrogen) atoms. The SMILES string of the molecule is NC(=O)c1cccnc1-n1cncn1. The van der Waals surface area contributed by atoms with Crippen LogP contribution >= 0.6 is 0 Å². The first-order chi connectivity index (χ1) is 6.79. The summed E-state index contributed by atoms with van der Waals surface area (Å²) in [5, 5.41) is 3.86. The summed E-state index contributed by atoms with van der Waals surface area (Å²) < 4.78 is 1.39. The van der Waals surface area contributed by atoms with Crippen LogP contribution in [0.5, 0.6) is 0 Å². The quantitative estimate of drug-likeness (QED) is 0.706. The zero-order valence-electron chi connectivity index (χ0n) is 7.16. The largest absolute Gasteiger partial charge is 0.365 e. The number of amides is 1. The summed E-state index contributed by atoms with van der Waals surface area (Å²) in [4.78, 5) is 18.8. The van der Waals surface area contributed by atoms with Crippen molar-refractivity contribution in [1.29, 1.82) is 0 Å². The number of pyridine rings is 1. The molecular weight excluding hydrogens is 182 g/mol. The van der Waals surface area contributed by atoms with Gasteiger partial charge in [-0.15, -0.1) is 0 Å². The van der Waals surface area contributed by atoms with Crippen molar-refractivity contribution < 1.29 is 4.79 Å². The Morgan fingerprint density at radius 3 is 3.00 bits per heavy atom. The fraction of sp³-hybridized carbons (Fsp3) is 0. The van der Waals surface area contributed by atoms with Crippen LogP contribution in [-0.2, 0) is 0 Å². The van der Waals surface area contributed by atoms with Crippen LogP contribution in [0, 0.1) is 0 Å². The number of carbonyl (C=O) groups excluding carboxylic acids is 1. The van der Waals surface area contributed by atoms with E-state index in [1.807, 2.05) is 0 Å². The van der Waals surface area contributed by atoms with E-state index in [0.717, 1.165) is 0 Å². The molecule has 6 heteroatoms. The number of hydrogen-bond acceptors (Lipinski definition) is 4. The minimum Gasteiger partial charge on any atom is -0.365 e. The molecule has 1 amide bonds. The lowest BCUT2D eigenvalue weighted by Crippen LogP contribution is -2.15. The zero-order chi connectivity index (χ0) is 9.97. The van der Waals surface area contributed by atoms with E-state index in [1.54, 1.807) is 18.3 Å². The van der Waals surface area contributed by atoms with Gasteiger partial charge < -0.3 is 5.73 Å². The van der Waals surface area contributed by atoms with Crippen molar-refractivity contribution in [3.05, 3.63) is 36.5 Å². The highest BCUT2D eigenvalue weighted by atomic mass is 16.1. The third-order valence-corrected chi connectivity index (χ3v) is 1.69. The monoisotopic (exact) mass is 189 g/mol. The van der Waals surface area contributed by atoms with Gasteiger partial charge in [-0.25, -0.2) is 14.6 Å². The maximum absolute atomic E-state index is 11.0. The van der Waals surface area contributed by atoms with Crippen LogP contribution in [0.1, 0.15) is 10.4 Å². The Morgan fingerprint density at radius 2 is 2.36 bits per heavy atom. The summed E-state index contributed by atoms with van der Waals surface area (Å²) in [6.45, 7) is 0. The summed E-state index contributed by atoms with van der Waals surface area (Å²) in [5.74, 6) is -0.152. The third-order valence-electron chi connectivity index (χ3n) is 1.69. The molecule has 0 saturated heterocycles. The van der Waals surface area contributed by atoms with E-state index in [9.17, 15) is 4.79 Å². The van der Waals surface area contributed by atoms with Crippen LogP contribution in [-0.4, -0.2) is 25.7 Å². The van der Waals surface area contributed by atoms with Crippen LogP contribution in [0.25, 0.3) is 5.82 Å². The molecule has 0 aliphatic heterocycles. The first kappa shape index (κ1) is 8.36. The summed E-state index contributed by atoms with van der Waals surface area (Å²) in [6, 6.07) is 3.23. The van der Waals surface area contributed by atoms with Crippen LogP contribution in [0.2, 0.25) is 0 Å². The molecule has 0 unspecified atom stereocenters. The molecule has 2 rings (SSSR count). The number of rotatable bonds is 2. The highest BCUT2D eigenvalue weighted by Gasteiger charge is 2.10. The molecule has 0 atom stereocenters. The standard InChI is InChI=1S/C8H7N5O/c9-7(14)6-2-1-3-11-8(6)13-5-10-4-12-13/h1-5H,(H2,9,14). The summed E-state index contributed by atoms with van der Waals surface area (Å²) in [7, 11) is 0. The van der Waals surface area contributed by atoms with Crippen LogP contribution in [0.4, 0.5) is 0 Å². The van der Waals surface area contributed by atoms with Gasteiger partial charge in [0.1, 0.15) is 12.7 Å². The molecule has 2 aromatic rings. The first-order valence-corrected chi connectivity index (χ1v) is 3.89. The van der Waals surface area contributed by atoms with Crippen LogP contribution in [0.15, 0.2) is 31.0 Å². The van der Waals surface area contributed by atoms with Crippen LogP contribution in [0.3, 0.4) is 0 Å². The van der Waals surface area contributed by atoms with Gasteiger partial charge in [0.25, 0.3) is 5.91 Å². The molecule has 2 heterocycles. The Bertz CT molecular complexity index is 451. The van der Waals surface area contributed by atoms with E-state index in [1.165, 1.54) is 17.3 Å². The lowest BCUT2D eigenvalue weighted by Gasteiger charge is -2.02. The molecule has 0 aliphatic carbocycles. The second-order valence-corrected chi connectivity index (χ2v) is 2.58. The second kappa shape index (κ2) is 3.25. The van der Waals surface area contributed by atoms with Gasteiger partial charge in [-0.1, -0.05) is 0 Å². The maximum Gasteiger partial charge on any atom is 0.252 e. The number of carbonyl (C=O) groups is 1. The van der Waals surface area contributed by atoms with Gasteiger partial charge in [-0.2, -0.15) is 5.10 Å². The van der Waals surface area contributed by atoms with Crippen molar-refractivity contribution in [2.45, 2.75) is 0 Å². The number of primary amides is 1. The van der Waals surface area contributed by atoms with Gasteiger partial charge in [0.15, 0.2) is 5.82 Å². The Morgan fingerprint density at radius 1 is 1.50 bits per heavy atom. The molecule has 0 spiro atoms.